The molecule has 0 aliphatic carbocycles. The van der Waals surface area contributed by atoms with Gasteiger partial charge < -0.3 is 25.2 Å². The summed E-state index contributed by atoms with van der Waals surface area (Å²) in [4.78, 5) is 28.0. The normalized spacial score (nSPS) is 13.6. The van der Waals surface area contributed by atoms with Gasteiger partial charge in [0.1, 0.15) is 5.82 Å². The lowest BCUT2D eigenvalue weighted by atomic mass is 10.1. The smallest absolute Gasteiger partial charge is 0.315 e. The highest BCUT2D eigenvalue weighted by Gasteiger charge is 2.13. The van der Waals surface area contributed by atoms with E-state index in [0.717, 1.165) is 43.1 Å². The number of amides is 3. The fourth-order valence-electron chi connectivity index (χ4n) is 3.13. The first-order valence-electron chi connectivity index (χ1n) is 9.93. The van der Waals surface area contributed by atoms with Gasteiger partial charge in [-0.2, -0.15) is 0 Å². The van der Waals surface area contributed by atoms with Crippen LogP contribution in [-0.4, -0.2) is 56.7 Å². The number of urea groups is 1. The Hall–Kier alpha value is -3.13. The molecule has 2 aromatic rings. The fraction of sp³-hybridized carbons (Fsp3) is 0.364. The zero-order valence-corrected chi connectivity index (χ0v) is 17.1. The maximum Gasteiger partial charge on any atom is 0.315 e. The molecule has 1 aliphatic rings. The molecule has 3 amide bonds. The van der Waals surface area contributed by atoms with Crippen LogP contribution in [0.15, 0.2) is 48.5 Å². The van der Waals surface area contributed by atoms with Gasteiger partial charge >= 0.3 is 6.03 Å². The second-order valence-corrected chi connectivity index (χ2v) is 7.18. The van der Waals surface area contributed by atoms with Gasteiger partial charge in [-0.05, 0) is 35.4 Å². The number of carbonyl (C=O) groups excluding carboxylic acids is 2. The topological polar surface area (TPSA) is 73.9 Å². The molecule has 0 unspecified atom stereocenters. The molecule has 1 aliphatic heterocycles. The molecule has 0 radical (unpaired) electrons. The monoisotopic (exact) mass is 414 g/mol. The minimum atomic E-state index is -0.448. The van der Waals surface area contributed by atoms with Gasteiger partial charge in [-0.15, -0.1) is 0 Å². The van der Waals surface area contributed by atoms with Crippen molar-refractivity contribution in [3.8, 4) is 0 Å². The van der Waals surface area contributed by atoms with Gasteiger partial charge in [-0.3, -0.25) is 4.79 Å². The summed E-state index contributed by atoms with van der Waals surface area (Å²) in [6.07, 6.45) is 0. The van der Waals surface area contributed by atoms with E-state index in [4.69, 9.17) is 4.74 Å². The number of hydrogen-bond acceptors (Lipinski definition) is 4. The molecule has 0 saturated carbocycles. The lowest BCUT2D eigenvalue weighted by molar-refractivity contribution is -0.129. The van der Waals surface area contributed by atoms with E-state index in [0.29, 0.717) is 6.54 Å². The van der Waals surface area contributed by atoms with E-state index < -0.39 is 6.03 Å². The quantitative estimate of drug-likeness (QED) is 0.728. The summed E-state index contributed by atoms with van der Waals surface area (Å²) in [5.41, 5.74) is 2.94. The predicted octanol–water partition coefficient (Wildman–Crippen LogP) is 2.12. The largest absolute Gasteiger partial charge is 0.378 e. The Morgan fingerprint density at radius 2 is 1.63 bits per heavy atom. The third-order valence-electron chi connectivity index (χ3n) is 4.92. The van der Waals surface area contributed by atoms with Crippen molar-refractivity contribution in [2.45, 2.75) is 13.1 Å². The first-order chi connectivity index (χ1) is 14.5. The third-order valence-corrected chi connectivity index (χ3v) is 4.92. The summed E-state index contributed by atoms with van der Waals surface area (Å²) in [6.45, 7) is 3.86. The van der Waals surface area contributed by atoms with Gasteiger partial charge in [0.2, 0.25) is 5.91 Å². The molecule has 0 atom stereocenters. The van der Waals surface area contributed by atoms with Crippen molar-refractivity contribution >= 4 is 17.6 Å². The summed E-state index contributed by atoms with van der Waals surface area (Å²) in [6, 6.07) is 13.5. The Morgan fingerprint density at radius 3 is 2.30 bits per heavy atom. The summed E-state index contributed by atoms with van der Waals surface area (Å²) in [7, 11) is 1.70. The number of rotatable bonds is 7. The van der Waals surface area contributed by atoms with Crippen LogP contribution in [0.4, 0.5) is 14.9 Å². The Kier molecular flexibility index (Phi) is 7.62. The van der Waals surface area contributed by atoms with E-state index >= 15 is 0 Å². The molecule has 1 heterocycles. The molecular formula is C22H27FN4O3. The van der Waals surface area contributed by atoms with Crippen LogP contribution in [-0.2, 0) is 22.6 Å². The number of carbonyl (C=O) groups is 2. The SMILES string of the molecule is CN(Cc1ccc(N2CCOCC2)cc1)C(=O)CNC(=O)NCc1ccc(F)cc1. The minimum Gasteiger partial charge on any atom is -0.378 e. The number of anilines is 1. The number of ether oxygens (including phenoxy) is 1. The van der Waals surface area contributed by atoms with E-state index in [1.165, 1.54) is 12.1 Å². The van der Waals surface area contributed by atoms with Crippen molar-refractivity contribution in [1.82, 2.24) is 15.5 Å². The molecule has 2 N–H and O–H groups in total. The number of likely N-dealkylation sites (N-methyl/N-ethyl adjacent to an activating group) is 1. The number of halogens is 1. The summed E-state index contributed by atoms with van der Waals surface area (Å²) < 4.78 is 18.3. The van der Waals surface area contributed by atoms with E-state index in [9.17, 15) is 14.0 Å². The van der Waals surface area contributed by atoms with Crippen molar-refractivity contribution < 1.29 is 18.7 Å². The van der Waals surface area contributed by atoms with Gasteiger partial charge in [0, 0.05) is 38.9 Å². The van der Waals surface area contributed by atoms with E-state index in [-0.39, 0.29) is 24.8 Å². The van der Waals surface area contributed by atoms with E-state index in [2.05, 4.69) is 27.7 Å². The summed E-state index contributed by atoms with van der Waals surface area (Å²) in [5, 5.41) is 5.19. The molecule has 7 nitrogen and oxygen atoms in total. The van der Waals surface area contributed by atoms with Crippen molar-refractivity contribution in [2.24, 2.45) is 0 Å². The Balaban J connectivity index is 1.39. The van der Waals surface area contributed by atoms with Crippen LogP contribution in [0.1, 0.15) is 11.1 Å². The van der Waals surface area contributed by atoms with Crippen LogP contribution in [0.25, 0.3) is 0 Å². The molecule has 0 aromatic heterocycles. The number of morpholine rings is 1. The molecule has 1 fully saturated rings. The fourth-order valence-corrected chi connectivity index (χ4v) is 3.13. The number of nitrogens with one attached hydrogen (secondary N) is 2. The van der Waals surface area contributed by atoms with Crippen LogP contribution in [0.3, 0.4) is 0 Å². The molecule has 2 aromatic carbocycles. The van der Waals surface area contributed by atoms with Crippen LogP contribution in [0, 0.1) is 5.82 Å². The standard InChI is InChI=1S/C22H27FN4O3/c1-26(16-18-4-8-20(9-5-18)27-10-12-30-13-11-27)21(28)15-25-22(29)24-14-17-2-6-19(23)7-3-17/h2-9H,10-16H2,1H3,(H2,24,25,29). The third kappa shape index (κ3) is 6.45. The van der Waals surface area contributed by atoms with Crippen molar-refractivity contribution in [1.29, 1.82) is 0 Å². The Labute approximate surface area is 175 Å². The Bertz CT molecular complexity index is 836. The summed E-state index contributed by atoms with van der Waals surface area (Å²) >= 11 is 0. The predicted molar refractivity (Wildman–Crippen MR) is 113 cm³/mol. The molecular weight excluding hydrogens is 387 g/mol. The van der Waals surface area contributed by atoms with Crippen LogP contribution >= 0.6 is 0 Å². The van der Waals surface area contributed by atoms with Gasteiger partial charge in [0.15, 0.2) is 0 Å². The van der Waals surface area contributed by atoms with Crippen molar-refractivity contribution in [2.75, 3.05) is 44.8 Å². The second kappa shape index (κ2) is 10.6. The first kappa shape index (κ1) is 21.6. The number of benzene rings is 2. The number of hydrogen-bond donors (Lipinski definition) is 2. The van der Waals surface area contributed by atoms with Gasteiger partial charge in [-0.1, -0.05) is 24.3 Å². The van der Waals surface area contributed by atoms with Crippen LogP contribution in [0.5, 0.6) is 0 Å². The molecule has 30 heavy (non-hydrogen) atoms. The Morgan fingerprint density at radius 1 is 1.00 bits per heavy atom. The molecule has 8 heteroatoms. The lowest BCUT2D eigenvalue weighted by Gasteiger charge is -2.29. The molecule has 0 spiro atoms. The molecule has 3 rings (SSSR count). The highest BCUT2D eigenvalue weighted by Crippen LogP contribution is 2.17. The molecule has 160 valence electrons. The molecule has 0 bridgehead atoms. The van der Waals surface area contributed by atoms with Gasteiger partial charge in [0.25, 0.3) is 0 Å². The van der Waals surface area contributed by atoms with Crippen molar-refractivity contribution in [3.63, 3.8) is 0 Å². The van der Waals surface area contributed by atoms with Gasteiger partial charge in [0.05, 0.1) is 19.8 Å². The second-order valence-electron chi connectivity index (χ2n) is 7.18. The van der Waals surface area contributed by atoms with E-state index in [1.54, 1.807) is 24.1 Å². The van der Waals surface area contributed by atoms with Crippen molar-refractivity contribution in [3.05, 3.63) is 65.5 Å². The maximum absolute atomic E-state index is 12.9. The highest BCUT2D eigenvalue weighted by molar-refractivity contribution is 5.83. The van der Waals surface area contributed by atoms with E-state index in [1.807, 2.05) is 12.1 Å². The average Bonchev–Trinajstić information content (AvgIpc) is 2.78. The zero-order chi connectivity index (χ0) is 21.3. The lowest BCUT2D eigenvalue weighted by Crippen LogP contribution is -2.42. The first-order valence-corrected chi connectivity index (χ1v) is 9.93. The minimum absolute atomic E-state index is 0.0996. The van der Waals surface area contributed by atoms with Crippen LogP contribution < -0.4 is 15.5 Å². The van der Waals surface area contributed by atoms with Crippen LogP contribution in [0.2, 0.25) is 0 Å². The highest BCUT2D eigenvalue weighted by atomic mass is 19.1. The maximum atomic E-state index is 12.9. The number of nitrogens with zero attached hydrogens (tertiary/aromatic N) is 2. The molecule has 1 saturated heterocycles. The average molecular weight is 414 g/mol. The summed E-state index contributed by atoms with van der Waals surface area (Å²) in [5.74, 6) is -0.517. The van der Waals surface area contributed by atoms with Gasteiger partial charge in [-0.25, -0.2) is 9.18 Å². The zero-order valence-electron chi connectivity index (χ0n) is 17.1.